The van der Waals surface area contributed by atoms with Gasteiger partial charge in [0.2, 0.25) is 0 Å². The van der Waals surface area contributed by atoms with Crippen molar-refractivity contribution in [3.63, 3.8) is 0 Å². The van der Waals surface area contributed by atoms with E-state index in [1.165, 1.54) is 10.1 Å². The van der Waals surface area contributed by atoms with Gasteiger partial charge in [0.15, 0.2) is 0 Å². The first-order valence-electron chi connectivity index (χ1n) is 3.03. The second-order valence-electron chi connectivity index (χ2n) is 1.92. The van der Waals surface area contributed by atoms with Crippen molar-refractivity contribution < 1.29 is 0 Å². The zero-order valence-corrected chi connectivity index (χ0v) is 8.18. The molecular weight excluding hydrogens is 192 g/mol. The third-order valence-corrected chi connectivity index (χ3v) is 3.65. The molecule has 0 aliphatic rings. The van der Waals surface area contributed by atoms with Gasteiger partial charge in [0.25, 0.3) is 0 Å². The SMILES string of the molecule is BrC[SiH2]c1ccccc1. The van der Waals surface area contributed by atoms with Crippen molar-refractivity contribution in [2.75, 3.05) is 4.95 Å². The van der Waals surface area contributed by atoms with Crippen molar-refractivity contribution in [3.05, 3.63) is 30.3 Å². The Morgan fingerprint density at radius 1 is 1.22 bits per heavy atom. The smallest absolute Gasteiger partial charge is 0.0662 e. The minimum Gasteiger partial charge on any atom is -0.0964 e. The molecule has 0 aliphatic heterocycles. The van der Waals surface area contributed by atoms with Crippen molar-refractivity contribution in [1.82, 2.24) is 0 Å². The first-order valence-corrected chi connectivity index (χ1v) is 5.86. The van der Waals surface area contributed by atoms with Gasteiger partial charge < -0.3 is 0 Å². The topological polar surface area (TPSA) is 0 Å². The standard InChI is InChI=1S/C7H9BrSi/c8-6-9-7-4-2-1-3-5-7/h1-5H,6,9H2. The van der Waals surface area contributed by atoms with Crippen LogP contribution in [0.3, 0.4) is 0 Å². The molecule has 0 spiro atoms. The molecule has 0 N–H and O–H groups in total. The zero-order valence-electron chi connectivity index (χ0n) is 5.18. The zero-order chi connectivity index (χ0) is 6.53. The molecule has 0 heterocycles. The highest BCUT2D eigenvalue weighted by molar-refractivity contribution is 9.09. The van der Waals surface area contributed by atoms with Crippen LogP contribution >= 0.6 is 15.9 Å². The number of hydrogen-bond donors (Lipinski definition) is 0. The van der Waals surface area contributed by atoms with E-state index in [2.05, 4.69) is 46.3 Å². The van der Waals surface area contributed by atoms with E-state index in [4.69, 9.17) is 0 Å². The van der Waals surface area contributed by atoms with Crippen molar-refractivity contribution in [3.8, 4) is 0 Å². The summed E-state index contributed by atoms with van der Waals surface area (Å²) in [6, 6.07) is 10.7. The van der Waals surface area contributed by atoms with Crippen LogP contribution in [0, 0.1) is 0 Å². The molecule has 0 bridgehead atoms. The van der Waals surface area contributed by atoms with E-state index in [1.54, 1.807) is 0 Å². The van der Waals surface area contributed by atoms with Crippen LogP contribution in [0.1, 0.15) is 0 Å². The highest BCUT2D eigenvalue weighted by atomic mass is 79.9. The highest BCUT2D eigenvalue weighted by Gasteiger charge is 1.86. The minimum absolute atomic E-state index is 0.0156. The molecule has 0 radical (unpaired) electrons. The van der Waals surface area contributed by atoms with Gasteiger partial charge >= 0.3 is 0 Å². The molecule has 48 valence electrons. The molecule has 9 heavy (non-hydrogen) atoms. The summed E-state index contributed by atoms with van der Waals surface area (Å²) in [7, 11) is 0.0156. The van der Waals surface area contributed by atoms with E-state index >= 15 is 0 Å². The summed E-state index contributed by atoms with van der Waals surface area (Å²) in [5.41, 5.74) is 0. The molecular formula is C7H9BrSi. The van der Waals surface area contributed by atoms with Crippen LogP contribution in [0.15, 0.2) is 30.3 Å². The molecule has 1 aromatic rings. The van der Waals surface area contributed by atoms with Gasteiger partial charge in [-0.3, -0.25) is 0 Å². The fourth-order valence-corrected chi connectivity index (χ4v) is 2.95. The Morgan fingerprint density at radius 2 is 1.89 bits per heavy atom. The Labute approximate surface area is 66.2 Å². The van der Waals surface area contributed by atoms with Crippen LogP contribution in [0.2, 0.25) is 0 Å². The number of hydrogen-bond acceptors (Lipinski definition) is 0. The Hall–Kier alpha value is -0.0831. The summed E-state index contributed by atoms with van der Waals surface area (Å²) in [6.07, 6.45) is 0. The Bertz CT molecular complexity index is 162. The summed E-state index contributed by atoms with van der Waals surface area (Å²) in [5.74, 6) is 0. The van der Waals surface area contributed by atoms with Gasteiger partial charge in [0.05, 0.1) is 9.52 Å². The summed E-state index contributed by atoms with van der Waals surface area (Å²) in [6.45, 7) is 0. The first kappa shape index (κ1) is 7.03. The lowest BCUT2D eigenvalue weighted by Crippen LogP contribution is -2.13. The van der Waals surface area contributed by atoms with Gasteiger partial charge in [-0.1, -0.05) is 51.4 Å². The summed E-state index contributed by atoms with van der Waals surface area (Å²) >= 11 is 3.45. The van der Waals surface area contributed by atoms with Crippen LogP contribution in [-0.2, 0) is 0 Å². The molecule has 0 atom stereocenters. The van der Waals surface area contributed by atoms with Crippen molar-refractivity contribution >= 4 is 30.6 Å². The first-order chi connectivity index (χ1) is 4.43. The third kappa shape index (κ3) is 2.33. The second-order valence-corrected chi connectivity index (χ2v) is 6.00. The van der Waals surface area contributed by atoms with Gasteiger partial charge in [0, 0.05) is 0 Å². The van der Waals surface area contributed by atoms with Crippen LogP contribution in [0.5, 0.6) is 0 Å². The van der Waals surface area contributed by atoms with Crippen LogP contribution in [0.25, 0.3) is 0 Å². The van der Waals surface area contributed by atoms with E-state index in [9.17, 15) is 0 Å². The van der Waals surface area contributed by atoms with Crippen molar-refractivity contribution in [1.29, 1.82) is 0 Å². The highest BCUT2D eigenvalue weighted by Crippen LogP contribution is 1.82. The molecule has 0 saturated carbocycles. The van der Waals surface area contributed by atoms with Gasteiger partial charge in [-0.05, 0) is 4.95 Å². The fraction of sp³-hybridized carbons (Fsp3) is 0.143. The van der Waals surface area contributed by atoms with E-state index < -0.39 is 0 Å². The minimum atomic E-state index is 0.0156. The predicted octanol–water partition coefficient (Wildman–Crippen LogP) is 0.833. The summed E-state index contributed by atoms with van der Waals surface area (Å²) < 4.78 is 0. The average Bonchev–Trinajstić information content (AvgIpc) is 1.91. The molecule has 0 amide bonds. The van der Waals surface area contributed by atoms with Crippen LogP contribution in [0.4, 0.5) is 0 Å². The largest absolute Gasteiger partial charge is 0.0964 e. The maximum atomic E-state index is 3.45. The molecule has 0 unspecified atom stereocenters. The third-order valence-electron chi connectivity index (χ3n) is 1.23. The van der Waals surface area contributed by atoms with Crippen molar-refractivity contribution in [2.45, 2.75) is 0 Å². The van der Waals surface area contributed by atoms with E-state index in [-0.39, 0.29) is 9.52 Å². The lowest BCUT2D eigenvalue weighted by atomic mass is 10.4. The quantitative estimate of drug-likeness (QED) is 0.491. The monoisotopic (exact) mass is 200 g/mol. The van der Waals surface area contributed by atoms with Crippen molar-refractivity contribution in [2.24, 2.45) is 0 Å². The maximum Gasteiger partial charge on any atom is 0.0662 e. The Balaban J connectivity index is 2.61. The number of halogens is 1. The molecule has 0 nitrogen and oxygen atoms in total. The number of benzene rings is 1. The summed E-state index contributed by atoms with van der Waals surface area (Å²) in [5, 5.41) is 1.54. The molecule has 0 aliphatic carbocycles. The molecule has 1 aromatic carbocycles. The molecule has 2 heteroatoms. The van der Waals surface area contributed by atoms with E-state index in [1.807, 2.05) is 0 Å². The van der Waals surface area contributed by atoms with Crippen LogP contribution in [-0.4, -0.2) is 14.5 Å². The maximum absolute atomic E-state index is 3.45. The predicted molar refractivity (Wildman–Crippen MR) is 48.4 cm³/mol. The Morgan fingerprint density at radius 3 is 2.44 bits per heavy atom. The van der Waals surface area contributed by atoms with Gasteiger partial charge in [-0.25, -0.2) is 0 Å². The van der Waals surface area contributed by atoms with E-state index in [0.29, 0.717) is 0 Å². The lowest BCUT2D eigenvalue weighted by Gasteiger charge is -1.92. The van der Waals surface area contributed by atoms with Crippen LogP contribution < -0.4 is 5.19 Å². The van der Waals surface area contributed by atoms with Gasteiger partial charge in [-0.15, -0.1) is 0 Å². The fourth-order valence-electron chi connectivity index (χ4n) is 0.754. The van der Waals surface area contributed by atoms with Gasteiger partial charge in [-0.2, -0.15) is 0 Å². The number of alkyl halides is 1. The van der Waals surface area contributed by atoms with Gasteiger partial charge in [0.1, 0.15) is 0 Å². The molecule has 0 aromatic heterocycles. The second kappa shape index (κ2) is 3.85. The average molecular weight is 201 g/mol. The molecule has 0 saturated heterocycles. The molecule has 1 rings (SSSR count). The number of rotatable bonds is 2. The normalized spacial score (nSPS) is 10.8. The molecule has 0 fully saturated rings. The summed E-state index contributed by atoms with van der Waals surface area (Å²) in [4.78, 5) is 1.19. The lowest BCUT2D eigenvalue weighted by molar-refractivity contribution is 1.76. The van der Waals surface area contributed by atoms with E-state index in [0.717, 1.165) is 0 Å². The Kier molecular flexibility index (Phi) is 3.01.